The van der Waals surface area contributed by atoms with Crippen LogP contribution in [0.3, 0.4) is 0 Å². The second-order valence-corrected chi connectivity index (χ2v) is 7.67. The van der Waals surface area contributed by atoms with Crippen LogP contribution in [0.5, 0.6) is 0 Å². The highest BCUT2D eigenvalue weighted by atomic mass is 19.1. The predicted molar refractivity (Wildman–Crippen MR) is 86.8 cm³/mol. The lowest BCUT2D eigenvalue weighted by atomic mass is 9.82. The molecule has 0 saturated carbocycles. The first-order valence-electron chi connectivity index (χ1n) is 8.41. The number of carbonyl (C=O) groups excluding carboxylic acids is 1. The summed E-state index contributed by atoms with van der Waals surface area (Å²) in [6.45, 7) is 7.30. The van der Waals surface area contributed by atoms with Crippen LogP contribution in [-0.2, 0) is 4.74 Å². The predicted octanol–water partition coefficient (Wildman–Crippen LogP) is 3.28. The van der Waals surface area contributed by atoms with Crippen molar-refractivity contribution >= 4 is 6.09 Å². The Bertz CT molecular complexity index is 630. The molecule has 3 rings (SSSR count). The van der Waals surface area contributed by atoms with Gasteiger partial charge in [0.1, 0.15) is 17.2 Å². The summed E-state index contributed by atoms with van der Waals surface area (Å²) in [4.78, 5) is 14.0. The molecule has 0 aromatic heterocycles. The molecule has 132 valence electrons. The van der Waals surface area contributed by atoms with Crippen LogP contribution < -0.4 is 5.32 Å². The van der Waals surface area contributed by atoms with E-state index in [9.17, 15) is 13.6 Å². The van der Waals surface area contributed by atoms with Crippen molar-refractivity contribution in [3.63, 3.8) is 0 Å². The molecule has 1 aromatic carbocycles. The van der Waals surface area contributed by atoms with Crippen LogP contribution in [0.25, 0.3) is 0 Å². The van der Waals surface area contributed by atoms with Crippen LogP contribution >= 0.6 is 0 Å². The van der Waals surface area contributed by atoms with Gasteiger partial charge in [-0.3, -0.25) is 0 Å². The van der Waals surface area contributed by atoms with E-state index in [2.05, 4.69) is 5.32 Å². The maximum absolute atomic E-state index is 14.2. The van der Waals surface area contributed by atoms with E-state index in [-0.39, 0.29) is 24.0 Å². The number of amides is 1. The lowest BCUT2D eigenvalue weighted by Gasteiger charge is -2.37. The number of hydrogen-bond acceptors (Lipinski definition) is 3. The van der Waals surface area contributed by atoms with Gasteiger partial charge in [-0.1, -0.05) is 6.07 Å². The largest absolute Gasteiger partial charge is 0.444 e. The first-order chi connectivity index (χ1) is 11.2. The topological polar surface area (TPSA) is 41.6 Å². The van der Waals surface area contributed by atoms with E-state index < -0.39 is 17.2 Å². The van der Waals surface area contributed by atoms with E-state index >= 15 is 0 Å². The molecule has 2 aliphatic rings. The average Bonchev–Trinajstić information content (AvgIpc) is 2.88. The molecule has 0 bridgehead atoms. The second-order valence-electron chi connectivity index (χ2n) is 7.67. The van der Waals surface area contributed by atoms with Gasteiger partial charge in [0.05, 0.1) is 0 Å². The number of rotatable bonds is 1. The fourth-order valence-corrected chi connectivity index (χ4v) is 3.71. The van der Waals surface area contributed by atoms with Crippen molar-refractivity contribution in [3.8, 4) is 0 Å². The van der Waals surface area contributed by atoms with E-state index in [0.717, 1.165) is 12.5 Å². The Kier molecular flexibility index (Phi) is 4.51. The molecule has 0 radical (unpaired) electrons. The van der Waals surface area contributed by atoms with E-state index in [1.54, 1.807) is 4.90 Å². The number of carbonyl (C=O) groups is 1. The van der Waals surface area contributed by atoms with E-state index in [4.69, 9.17) is 4.74 Å². The van der Waals surface area contributed by atoms with Crippen LogP contribution in [0, 0.1) is 17.6 Å². The van der Waals surface area contributed by atoms with Crippen molar-refractivity contribution in [2.24, 2.45) is 5.92 Å². The summed E-state index contributed by atoms with van der Waals surface area (Å²) in [5.41, 5.74) is -0.0212. The van der Waals surface area contributed by atoms with Crippen LogP contribution in [0.2, 0.25) is 0 Å². The molecule has 2 aliphatic heterocycles. The average molecular weight is 338 g/mol. The number of benzene rings is 1. The van der Waals surface area contributed by atoms with Gasteiger partial charge in [0, 0.05) is 43.6 Å². The molecule has 4 nitrogen and oxygen atoms in total. The highest BCUT2D eigenvalue weighted by Crippen LogP contribution is 2.37. The lowest BCUT2D eigenvalue weighted by Crippen LogP contribution is -2.49. The number of nitrogens with zero attached hydrogens (tertiary/aromatic N) is 1. The van der Waals surface area contributed by atoms with Crippen LogP contribution in [-0.4, -0.2) is 42.3 Å². The number of nitrogens with one attached hydrogen (secondary N) is 1. The summed E-state index contributed by atoms with van der Waals surface area (Å²) >= 11 is 0. The Hall–Kier alpha value is -1.69. The van der Waals surface area contributed by atoms with Gasteiger partial charge < -0.3 is 15.0 Å². The molecule has 1 amide bonds. The molecule has 24 heavy (non-hydrogen) atoms. The minimum Gasteiger partial charge on any atom is -0.444 e. The van der Waals surface area contributed by atoms with Gasteiger partial charge in [-0.2, -0.15) is 0 Å². The summed E-state index contributed by atoms with van der Waals surface area (Å²) in [5, 5.41) is 3.42. The molecule has 3 atom stereocenters. The quantitative estimate of drug-likeness (QED) is 0.854. The van der Waals surface area contributed by atoms with Crippen molar-refractivity contribution in [2.45, 2.75) is 44.8 Å². The number of halogens is 2. The van der Waals surface area contributed by atoms with Gasteiger partial charge >= 0.3 is 6.09 Å². The number of likely N-dealkylation sites (tertiary alicyclic amines) is 1. The van der Waals surface area contributed by atoms with Gasteiger partial charge in [-0.05, 0) is 38.8 Å². The molecule has 2 saturated heterocycles. The zero-order chi connectivity index (χ0) is 17.5. The van der Waals surface area contributed by atoms with Crippen molar-refractivity contribution in [2.75, 3.05) is 19.6 Å². The molecule has 1 N–H and O–H groups in total. The Morgan fingerprint density at radius 3 is 2.75 bits per heavy atom. The third-order valence-electron chi connectivity index (χ3n) is 4.79. The SMILES string of the molecule is CC(C)(C)OC(=O)N1CC[C@H]2NC[C@H](c3ccc(F)cc3F)[C@H]2C1. The zero-order valence-corrected chi connectivity index (χ0v) is 14.3. The number of fused-ring (bicyclic) bond motifs is 1. The van der Waals surface area contributed by atoms with Gasteiger partial charge in [-0.25, -0.2) is 13.6 Å². The fourth-order valence-electron chi connectivity index (χ4n) is 3.71. The highest BCUT2D eigenvalue weighted by molar-refractivity contribution is 5.68. The summed E-state index contributed by atoms with van der Waals surface area (Å²) in [6, 6.07) is 3.99. The summed E-state index contributed by atoms with van der Waals surface area (Å²) < 4.78 is 32.8. The highest BCUT2D eigenvalue weighted by Gasteiger charge is 2.43. The third kappa shape index (κ3) is 3.53. The Morgan fingerprint density at radius 2 is 2.08 bits per heavy atom. The van der Waals surface area contributed by atoms with Gasteiger partial charge in [-0.15, -0.1) is 0 Å². The fraction of sp³-hybridized carbons (Fsp3) is 0.611. The molecular formula is C18H24F2N2O2. The van der Waals surface area contributed by atoms with Gasteiger partial charge in [0.15, 0.2) is 0 Å². The number of hydrogen-bond donors (Lipinski definition) is 1. The maximum atomic E-state index is 14.2. The van der Waals surface area contributed by atoms with Crippen LogP contribution in [0.4, 0.5) is 13.6 Å². The summed E-state index contributed by atoms with van der Waals surface area (Å²) in [7, 11) is 0. The van der Waals surface area contributed by atoms with Gasteiger partial charge in [0.25, 0.3) is 0 Å². The normalized spacial score (nSPS) is 27.0. The van der Waals surface area contributed by atoms with Crippen molar-refractivity contribution in [1.82, 2.24) is 10.2 Å². The van der Waals surface area contributed by atoms with Crippen LogP contribution in [0.15, 0.2) is 18.2 Å². The maximum Gasteiger partial charge on any atom is 0.410 e. The van der Waals surface area contributed by atoms with Crippen molar-refractivity contribution in [3.05, 3.63) is 35.4 Å². The molecular weight excluding hydrogens is 314 g/mol. The Morgan fingerprint density at radius 1 is 1.33 bits per heavy atom. The monoisotopic (exact) mass is 338 g/mol. The summed E-state index contributed by atoms with van der Waals surface area (Å²) in [5.74, 6) is -1.05. The molecule has 6 heteroatoms. The standard InChI is InChI=1S/C18H24F2N2O2/c1-18(2,3)24-17(23)22-7-6-16-14(10-22)13(9-21-16)12-5-4-11(19)8-15(12)20/h4-5,8,13-14,16,21H,6-7,9-10H2,1-3H3/t13-,14-,16-/m1/s1. The zero-order valence-electron chi connectivity index (χ0n) is 14.3. The first-order valence-corrected chi connectivity index (χ1v) is 8.41. The van der Waals surface area contributed by atoms with Gasteiger partial charge in [0.2, 0.25) is 0 Å². The number of ether oxygens (including phenoxy) is 1. The van der Waals surface area contributed by atoms with E-state index in [1.165, 1.54) is 12.1 Å². The second kappa shape index (κ2) is 6.31. The minimum atomic E-state index is -0.571. The molecule has 0 spiro atoms. The van der Waals surface area contributed by atoms with Crippen LogP contribution in [0.1, 0.15) is 38.7 Å². The Balaban J connectivity index is 1.75. The summed E-state index contributed by atoms with van der Waals surface area (Å²) in [6.07, 6.45) is 0.481. The molecule has 1 aromatic rings. The minimum absolute atomic E-state index is 0.0687. The molecule has 2 fully saturated rings. The number of piperidine rings is 1. The third-order valence-corrected chi connectivity index (χ3v) is 4.79. The first kappa shape index (κ1) is 17.1. The smallest absolute Gasteiger partial charge is 0.410 e. The van der Waals surface area contributed by atoms with E-state index in [1.807, 2.05) is 20.8 Å². The molecule has 0 unspecified atom stereocenters. The van der Waals surface area contributed by atoms with Crippen molar-refractivity contribution in [1.29, 1.82) is 0 Å². The van der Waals surface area contributed by atoms with Crippen molar-refractivity contribution < 1.29 is 18.3 Å². The lowest BCUT2D eigenvalue weighted by molar-refractivity contribution is 0.0149. The van der Waals surface area contributed by atoms with E-state index in [0.29, 0.717) is 25.2 Å². The Labute approximate surface area is 141 Å². The molecule has 0 aliphatic carbocycles. The molecule has 2 heterocycles.